The normalized spacial score (nSPS) is 23.0. The van der Waals surface area contributed by atoms with E-state index in [1.807, 2.05) is 36.4 Å². The number of nitrogens with zero attached hydrogens (tertiary/aromatic N) is 4. The zero-order valence-corrected chi connectivity index (χ0v) is 24.3. The highest BCUT2D eigenvalue weighted by molar-refractivity contribution is 7.92. The summed E-state index contributed by atoms with van der Waals surface area (Å²) in [4.78, 5) is 34.1. The van der Waals surface area contributed by atoms with Crippen LogP contribution in [0, 0.1) is 17.1 Å². The van der Waals surface area contributed by atoms with Crippen molar-refractivity contribution in [3.8, 4) is 11.9 Å². The Bertz CT molecular complexity index is 1690. The topological polar surface area (TPSA) is 121 Å². The summed E-state index contributed by atoms with van der Waals surface area (Å²) in [5.74, 6) is -0.659. The molecule has 1 aliphatic carbocycles. The fourth-order valence-electron chi connectivity index (χ4n) is 6.91. The Morgan fingerprint density at radius 2 is 1.88 bits per heavy atom. The van der Waals surface area contributed by atoms with E-state index in [-0.39, 0.29) is 49.1 Å². The quantitative estimate of drug-likeness (QED) is 0.359. The molecule has 43 heavy (non-hydrogen) atoms. The Kier molecular flexibility index (Phi) is 7.65. The smallest absolute Gasteiger partial charge is 0.245 e. The molecule has 2 fully saturated rings. The van der Waals surface area contributed by atoms with Crippen LogP contribution in [-0.2, 0) is 37.2 Å². The van der Waals surface area contributed by atoms with Crippen molar-refractivity contribution in [2.24, 2.45) is 0 Å². The lowest BCUT2D eigenvalue weighted by molar-refractivity contribution is -0.142. The summed E-state index contributed by atoms with van der Waals surface area (Å²) in [6.07, 6.45) is 3.18. The number of nitriles is 1. The summed E-state index contributed by atoms with van der Waals surface area (Å²) < 4.78 is 47.4. The zero-order chi connectivity index (χ0) is 30.2. The second-order valence-electron chi connectivity index (χ2n) is 11.2. The molecule has 2 amide bonds. The Morgan fingerprint density at radius 3 is 2.63 bits per heavy atom. The van der Waals surface area contributed by atoms with E-state index < -0.39 is 32.5 Å². The third-order valence-electron chi connectivity index (χ3n) is 8.94. The molecule has 2 aliphatic heterocycles. The fraction of sp³-hybridized carbons (Fsp3) is 0.375. The van der Waals surface area contributed by atoms with E-state index in [1.165, 1.54) is 17.0 Å². The number of rotatable bonds is 8. The maximum atomic E-state index is 14.6. The Labute approximate surface area is 249 Å². The summed E-state index contributed by atoms with van der Waals surface area (Å²) in [7, 11) is -4.15. The molecule has 3 atom stereocenters. The molecular formula is C32H31FN4O5S. The number of hydrogen-bond donors (Lipinski definition) is 0. The molecule has 2 aromatic carbocycles. The maximum Gasteiger partial charge on any atom is 0.245 e. The number of sulfone groups is 1. The molecule has 0 spiro atoms. The van der Waals surface area contributed by atoms with Gasteiger partial charge in [-0.25, -0.2) is 17.8 Å². The minimum atomic E-state index is -4.15. The number of benzene rings is 2. The van der Waals surface area contributed by atoms with E-state index in [0.29, 0.717) is 37.3 Å². The maximum absolute atomic E-state index is 14.6. The predicted molar refractivity (Wildman–Crippen MR) is 154 cm³/mol. The Balaban J connectivity index is 1.38. The lowest BCUT2D eigenvalue weighted by atomic mass is 9.79. The largest absolute Gasteiger partial charge is 0.473 e. The van der Waals surface area contributed by atoms with Crippen LogP contribution in [0.2, 0.25) is 0 Å². The zero-order valence-electron chi connectivity index (χ0n) is 23.5. The number of likely N-dealkylation sites (tertiary alicyclic amines) is 2. The highest BCUT2D eigenvalue weighted by Crippen LogP contribution is 2.53. The van der Waals surface area contributed by atoms with E-state index in [0.717, 1.165) is 23.3 Å². The summed E-state index contributed by atoms with van der Waals surface area (Å²) >= 11 is 0. The third kappa shape index (κ3) is 4.93. The van der Waals surface area contributed by atoms with Crippen LogP contribution in [0.15, 0.2) is 71.8 Å². The molecule has 6 rings (SSSR count). The first kappa shape index (κ1) is 28.8. The first-order valence-corrected chi connectivity index (χ1v) is 15.9. The van der Waals surface area contributed by atoms with Crippen molar-refractivity contribution >= 4 is 21.7 Å². The van der Waals surface area contributed by atoms with E-state index >= 15 is 0 Å². The van der Waals surface area contributed by atoms with Crippen LogP contribution in [0.4, 0.5) is 4.39 Å². The second kappa shape index (κ2) is 11.4. The number of aromatic nitrogens is 1. The van der Waals surface area contributed by atoms with Crippen LogP contribution in [0.3, 0.4) is 0 Å². The van der Waals surface area contributed by atoms with Crippen LogP contribution in [0.5, 0.6) is 5.88 Å². The molecule has 0 radical (unpaired) electrons. The standard InChI is InChI=1S/C32H31FN4O5S/c33-24-8-10-25(11-9-24)43(40,41)32-15-18-37(31(39)27-12-14-30(38)36(27)17-4-16-34)28(32)13-7-23-19-29(35-20-26(23)32)42-21-22-5-2-1-3-6-22/h1-3,5-6,8-11,19-20,27-28H,4,7,12-15,17-18,21H2/t27-,28?,32?/m1/s1. The van der Waals surface area contributed by atoms with E-state index in [9.17, 15) is 22.4 Å². The number of pyridine rings is 1. The first-order valence-electron chi connectivity index (χ1n) is 14.4. The van der Waals surface area contributed by atoms with Gasteiger partial charge in [-0.2, -0.15) is 5.26 Å². The van der Waals surface area contributed by atoms with Crippen molar-refractivity contribution < 1.29 is 27.1 Å². The van der Waals surface area contributed by atoms with Gasteiger partial charge in [-0.1, -0.05) is 30.3 Å². The molecule has 11 heteroatoms. The minimum absolute atomic E-state index is 0.0304. The first-order chi connectivity index (χ1) is 20.8. The number of carbonyl (C=O) groups is 2. The molecule has 3 aromatic rings. The summed E-state index contributed by atoms with van der Waals surface area (Å²) in [5.41, 5.74) is 2.26. The number of halogens is 1. The van der Waals surface area contributed by atoms with Crippen LogP contribution in [-0.4, -0.2) is 60.2 Å². The van der Waals surface area contributed by atoms with Crippen LogP contribution in [0.25, 0.3) is 0 Å². The van der Waals surface area contributed by atoms with Crippen LogP contribution >= 0.6 is 0 Å². The molecule has 9 nitrogen and oxygen atoms in total. The van der Waals surface area contributed by atoms with Gasteiger partial charge in [-0.3, -0.25) is 9.59 Å². The van der Waals surface area contributed by atoms with Gasteiger partial charge in [0.15, 0.2) is 9.84 Å². The highest BCUT2D eigenvalue weighted by atomic mass is 32.2. The molecule has 3 heterocycles. The van der Waals surface area contributed by atoms with Crippen molar-refractivity contribution in [3.05, 3.63) is 89.4 Å². The summed E-state index contributed by atoms with van der Waals surface area (Å²) in [5, 5.41) is 9.07. The fourth-order valence-corrected chi connectivity index (χ4v) is 9.26. The molecule has 222 valence electrons. The SMILES string of the molecule is N#CCCN1C(=O)CC[C@@H]1C(=O)N1CCC2(S(=O)(=O)c3ccc(F)cc3)c3cnc(OCc4ccccc4)cc3CCC12. The van der Waals surface area contributed by atoms with E-state index in [1.54, 1.807) is 17.2 Å². The number of hydrogen-bond acceptors (Lipinski definition) is 7. The van der Waals surface area contributed by atoms with Crippen LogP contribution < -0.4 is 4.74 Å². The number of ether oxygens (including phenoxy) is 1. The van der Waals surface area contributed by atoms with E-state index in [4.69, 9.17) is 10.00 Å². The van der Waals surface area contributed by atoms with Gasteiger partial charge in [0.25, 0.3) is 0 Å². The molecule has 1 aromatic heterocycles. The molecule has 2 unspecified atom stereocenters. The molecule has 0 saturated carbocycles. The minimum Gasteiger partial charge on any atom is -0.473 e. The van der Waals surface area contributed by atoms with Crippen molar-refractivity contribution in [2.45, 2.75) is 66.9 Å². The molecule has 2 saturated heterocycles. The van der Waals surface area contributed by atoms with Gasteiger partial charge in [0.05, 0.1) is 23.4 Å². The summed E-state index contributed by atoms with van der Waals surface area (Å²) in [6.45, 7) is 0.632. The van der Waals surface area contributed by atoms with Gasteiger partial charge >= 0.3 is 0 Å². The van der Waals surface area contributed by atoms with Gasteiger partial charge in [-0.15, -0.1) is 0 Å². The number of fused-ring (bicyclic) bond motifs is 3. The average molecular weight is 603 g/mol. The monoisotopic (exact) mass is 602 g/mol. The third-order valence-corrected chi connectivity index (χ3v) is 11.5. The van der Waals surface area contributed by atoms with Crippen molar-refractivity contribution in [2.75, 3.05) is 13.1 Å². The lowest BCUT2D eigenvalue weighted by Crippen LogP contribution is -2.55. The van der Waals surface area contributed by atoms with Gasteiger partial charge < -0.3 is 14.5 Å². The summed E-state index contributed by atoms with van der Waals surface area (Å²) in [6, 6.07) is 16.8. The van der Waals surface area contributed by atoms with E-state index in [2.05, 4.69) is 4.98 Å². The van der Waals surface area contributed by atoms with Crippen molar-refractivity contribution in [1.29, 1.82) is 5.26 Å². The number of amides is 2. The highest BCUT2D eigenvalue weighted by Gasteiger charge is 2.62. The Morgan fingerprint density at radius 1 is 1.12 bits per heavy atom. The average Bonchev–Trinajstić information content (AvgIpc) is 3.61. The van der Waals surface area contributed by atoms with Crippen molar-refractivity contribution in [3.63, 3.8) is 0 Å². The van der Waals surface area contributed by atoms with Crippen molar-refractivity contribution in [1.82, 2.24) is 14.8 Å². The molecule has 0 bridgehead atoms. The molecule has 0 N–H and O–H groups in total. The predicted octanol–water partition coefficient (Wildman–Crippen LogP) is 3.92. The second-order valence-corrected chi connectivity index (χ2v) is 13.4. The lowest BCUT2D eigenvalue weighted by Gasteiger charge is -2.43. The van der Waals surface area contributed by atoms with Gasteiger partial charge in [0, 0.05) is 31.8 Å². The van der Waals surface area contributed by atoms with Gasteiger partial charge in [0.1, 0.15) is 23.2 Å². The van der Waals surface area contributed by atoms with Crippen LogP contribution in [0.1, 0.15) is 48.8 Å². The Hall–Kier alpha value is -4.30. The molecular weight excluding hydrogens is 571 g/mol. The number of aryl methyl sites for hydroxylation is 1. The van der Waals surface area contributed by atoms with Gasteiger partial charge in [0.2, 0.25) is 17.7 Å². The van der Waals surface area contributed by atoms with Gasteiger partial charge in [-0.05, 0) is 66.6 Å². The molecule has 3 aliphatic rings. The number of carbonyl (C=O) groups excluding carboxylic acids is 2.